The van der Waals surface area contributed by atoms with Crippen molar-refractivity contribution in [2.45, 2.75) is 5.75 Å². The van der Waals surface area contributed by atoms with Gasteiger partial charge in [-0.1, -0.05) is 12.1 Å². The van der Waals surface area contributed by atoms with E-state index in [-0.39, 0.29) is 11.7 Å². The summed E-state index contributed by atoms with van der Waals surface area (Å²) in [4.78, 5) is 12.1. The molecule has 0 heterocycles. The Bertz CT molecular complexity index is 755. The molecule has 0 saturated carbocycles. The third-order valence-electron chi connectivity index (χ3n) is 2.90. The summed E-state index contributed by atoms with van der Waals surface area (Å²) in [6.07, 6.45) is 0. The topological polar surface area (TPSA) is 72.5 Å². The first-order valence-electron chi connectivity index (χ1n) is 6.34. The summed E-state index contributed by atoms with van der Waals surface area (Å²) < 4.78 is 27.0. The third-order valence-corrected chi connectivity index (χ3v) is 3.91. The Morgan fingerprint density at radius 2 is 1.68 bits per heavy atom. The van der Waals surface area contributed by atoms with Crippen LogP contribution in [-0.2, 0) is 14.8 Å². The van der Waals surface area contributed by atoms with E-state index in [0.717, 1.165) is 0 Å². The summed E-state index contributed by atoms with van der Waals surface area (Å²) in [5, 5.41) is 2.72. The van der Waals surface area contributed by atoms with Crippen molar-refractivity contribution in [2.24, 2.45) is 0 Å². The van der Waals surface area contributed by atoms with Crippen molar-refractivity contribution in [3.05, 3.63) is 59.7 Å². The molecule has 0 unspecified atom stereocenters. The largest absolute Gasteiger partial charge is 0.497 e. The van der Waals surface area contributed by atoms with Crippen LogP contribution in [0.3, 0.4) is 0 Å². The number of rotatable bonds is 5. The lowest BCUT2D eigenvalue weighted by Gasteiger charge is -2.07. The molecule has 0 atom stereocenters. The van der Waals surface area contributed by atoms with Crippen molar-refractivity contribution in [3.63, 3.8) is 0 Å². The van der Waals surface area contributed by atoms with Crippen LogP contribution >= 0.6 is 10.7 Å². The van der Waals surface area contributed by atoms with Gasteiger partial charge < -0.3 is 10.1 Å². The molecule has 0 saturated heterocycles. The molecule has 0 bridgehead atoms. The first kappa shape index (κ1) is 16.3. The zero-order valence-corrected chi connectivity index (χ0v) is 13.3. The second-order valence-electron chi connectivity index (χ2n) is 4.56. The van der Waals surface area contributed by atoms with Gasteiger partial charge in [0.05, 0.1) is 12.9 Å². The molecule has 0 aliphatic carbocycles. The second-order valence-corrected chi connectivity index (χ2v) is 7.34. The minimum Gasteiger partial charge on any atom is -0.497 e. The van der Waals surface area contributed by atoms with Gasteiger partial charge in [0.2, 0.25) is 9.05 Å². The van der Waals surface area contributed by atoms with Crippen LogP contribution in [0, 0.1) is 0 Å². The predicted molar refractivity (Wildman–Crippen MR) is 85.9 cm³/mol. The number of carbonyl (C=O) groups is 1. The minimum atomic E-state index is -3.59. The lowest BCUT2D eigenvalue weighted by atomic mass is 10.2. The van der Waals surface area contributed by atoms with E-state index >= 15 is 0 Å². The number of nitrogens with one attached hydrogen (secondary N) is 1. The van der Waals surface area contributed by atoms with Crippen LogP contribution < -0.4 is 10.1 Å². The molecule has 1 amide bonds. The van der Waals surface area contributed by atoms with Gasteiger partial charge in [-0.05, 0) is 42.0 Å². The molecule has 5 nitrogen and oxygen atoms in total. The Balaban J connectivity index is 2.05. The Kier molecular flexibility index (Phi) is 5.05. The lowest BCUT2D eigenvalue weighted by Crippen LogP contribution is -2.11. The highest BCUT2D eigenvalue weighted by Gasteiger charge is 2.09. The number of ether oxygens (including phenoxy) is 1. The van der Waals surface area contributed by atoms with Crippen LogP contribution in [0.15, 0.2) is 48.5 Å². The number of benzene rings is 2. The van der Waals surface area contributed by atoms with E-state index in [4.69, 9.17) is 15.4 Å². The van der Waals surface area contributed by atoms with Gasteiger partial charge in [0.1, 0.15) is 5.75 Å². The Morgan fingerprint density at radius 3 is 2.18 bits per heavy atom. The van der Waals surface area contributed by atoms with Gasteiger partial charge in [-0.3, -0.25) is 4.79 Å². The fourth-order valence-electron chi connectivity index (χ4n) is 1.83. The van der Waals surface area contributed by atoms with Crippen LogP contribution in [0.1, 0.15) is 15.9 Å². The number of hydrogen-bond acceptors (Lipinski definition) is 4. The van der Waals surface area contributed by atoms with E-state index in [9.17, 15) is 13.2 Å². The van der Waals surface area contributed by atoms with Crippen LogP contribution in [-0.4, -0.2) is 21.4 Å². The standard InChI is InChI=1S/C15H14ClNO4S/c1-21-14-8-4-12(5-9-14)15(18)17-13-6-2-11(3-7-13)10-22(16,19)20/h2-9H,10H2,1H3,(H,17,18). The van der Waals surface area contributed by atoms with Crippen molar-refractivity contribution in [2.75, 3.05) is 12.4 Å². The lowest BCUT2D eigenvalue weighted by molar-refractivity contribution is 0.102. The normalized spacial score (nSPS) is 11.0. The average Bonchev–Trinajstić information content (AvgIpc) is 2.48. The number of methoxy groups -OCH3 is 1. The highest BCUT2D eigenvalue weighted by atomic mass is 35.7. The number of hydrogen-bond donors (Lipinski definition) is 1. The summed E-state index contributed by atoms with van der Waals surface area (Å²) in [6, 6.07) is 13.2. The van der Waals surface area contributed by atoms with Crippen molar-refractivity contribution < 1.29 is 17.9 Å². The highest BCUT2D eigenvalue weighted by molar-refractivity contribution is 8.13. The first-order valence-corrected chi connectivity index (χ1v) is 8.82. The van der Waals surface area contributed by atoms with Crippen LogP contribution in [0.4, 0.5) is 5.69 Å². The third kappa shape index (κ3) is 4.75. The molecule has 116 valence electrons. The van der Waals surface area contributed by atoms with Gasteiger partial charge in [0.15, 0.2) is 0 Å². The Labute approximate surface area is 133 Å². The van der Waals surface area contributed by atoms with Gasteiger partial charge in [-0.15, -0.1) is 0 Å². The molecule has 22 heavy (non-hydrogen) atoms. The molecule has 2 rings (SSSR count). The minimum absolute atomic E-state index is 0.249. The maximum atomic E-state index is 12.1. The summed E-state index contributed by atoms with van der Waals surface area (Å²) >= 11 is 0. The van der Waals surface area contributed by atoms with Gasteiger partial charge >= 0.3 is 0 Å². The van der Waals surface area contributed by atoms with Crippen molar-refractivity contribution in [1.29, 1.82) is 0 Å². The maximum absolute atomic E-state index is 12.1. The highest BCUT2D eigenvalue weighted by Crippen LogP contribution is 2.16. The van der Waals surface area contributed by atoms with E-state index in [0.29, 0.717) is 22.6 Å². The number of carbonyl (C=O) groups excluding carboxylic acids is 1. The molecule has 0 aliphatic heterocycles. The average molecular weight is 340 g/mol. The first-order chi connectivity index (χ1) is 10.4. The molecule has 0 aromatic heterocycles. The molecule has 0 aliphatic rings. The van der Waals surface area contributed by atoms with Crippen molar-refractivity contribution in [3.8, 4) is 5.75 Å². The van der Waals surface area contributed by atoms with Gasteiger partial charge in [0.25, 0.3) is 5.91 Å². The predicted octanol–water partition coefficient (Wildman–Crippen LogP) is 3.02. The van der Waals surface area contributed by atoms with Crippen molar-refractivity contribution >= 4 is 31.3 Å². The van der Waals surface area contributed by atoms with E-state index in [1.165, 1.54) is 0 Å². The second kappa shape index (κ2) is 6.81. The Hall–Kier alpha value is -2.05. The fraction of sp³-hybridized carbons (Fsp3) is 0.133. The molecule has 1 N–H and O–H groups in total. The molecular formula is C15H14ClNO4S. The summed E-state index contributed by atoms with van der Waals surface area (Å²) in [5.41, 5.74) is 1.61. The molecule has 7 heteroatoms. The summed E-state index contributed by atoms with van der Waals surface area (Å²) in [6.45, 7) is 0. The molecule has 2 aromatic rings. The van der Waals surface area contributed by atoms with Gasteiger partial charge in [-0.25, -0.2) is 8.42 Å². The van der Waals surface area contributed by atoms with E-state index in [1.54, 1.807) is 55.6 Å². The summed E-state index contributed by atoms with van der Waals surface area (Å²) in [7, 11) is 3.15. The molecule has 0 fully saturated rings. The zero-order chi connectivity index (χ0) is 16.2. The van der Waals surface area contributed by atoms with Gasteiger partial charge in [0, 0.05) is 21.9 Å². The quantitative estimate of drug-likeness (QED) is 0.850. The smallest absolute Gasteiger partial charge is 0.255 e. The molecular weight excluding hydrogens is 326 g/mol. The van der Waals surface area contributed by atoms with E-state index < -0.39 is 9.05 Å². The summed E-state index contributed by atoms with van der Waals surface area (Å²) in [5.74, 6) is 0.157. The van der Waals surface area contributed by atoms with Gasteiger partial charge in [-0.2, -0.15) is 0 Å². The molecule has 0 spiro atoms. The maximum Gasteiger partial charge on any atom is 0.255 e. The van der Waals surface area contributed by atoms with Crippen LogP contribution in [0.5, 0.6) is 5.75 Å². The zero-order valence-electron chi connectivity index (χ0n) is 11.7. The van der Waals surface area contributed by atoms with Crippen molar-refractivity contribution in [1.82, 2.24) is 0 Å². The number of amides is 1. The Morgan fingerprint density at radius 1 is 1.09 bits per heavy atom. The van der Waals surface area contributed by atoms with Crippen LogP contribution in [0.25, 0.3) is 0 Å². The molecule has 2 aromatic carbocycles. The number of halogens is 1. The SMILES string of the molecule is COc1ccc(C(=O)Nc2ccc(CS(=O)(=O)Cl)cc2)cc1. The number of anilines is 1. The van der Waals surface area contributed by atoms with E-state index in [1.807, 2.05) is 0 Å². The van der Waals surface area contributed by atoms with E-state index in [2.05, 4.69) is 5.32 Å². The molecule has 0 radical (unpaired) electrons. The van der Waals surface area contributed by atoms with Crippen LogP contribution in [0.2, 0.25) is 0 Å². The monoisotopic (exact) mass is 339 g/mol. The fourth-order valence-corrected chi connectivity index (χ4v) is 2.80.